The summed E-state index contributed by atoms with van der Waals surface area (Å²) in [6.07, 6.45) is 1.23. The number of rotatable bonds is 0. The summed E-state index contributed by atoms with van der Waals surface area (Å²) in [5.41, 5.74) is -0.783. The van der Waals surface area contributed by atoms with E-state index < -0.39 is 17.5 Å². The fourth-order valence-corrected chi connectivity index (χ4v) is 2.35. The molecule has 1 heterocycles. The second-order valence-corrected chi connectivity index (χ2v) is 6.44. The summed E-state index contributed by atoms with van der Waals surface area (Å²) < 4.78 is 25.3. The van der Waals surface area contributed by atoms with E-state index in [0.717, 1.165) is 12.8 Å². The lowest BCUT2D eigenvalue weighted by Crippen LogP contribution is -2.47. The molecule has 0 atom stereocenters. The Balaban J connectivity index is 1.96. The zero-order valence-electron chi connectivity index (χ0n) is 11.9. The topological polar surface area (TPSA) is 38.8 Å². The third kappa shape index (κ3) is 2.32. The number of carbonyl (C=O) groups excluding carboxylic acids is 1. The number of hydrogen-bond donors (Lipinski definition) is 0. The first-order valence-corrected chi connectivity index (χ1v) is 6.78. The van der Waals surface area contributed by atoms with E-state index >= 15 is 0 Å². The number of anilines is 1. The first kappa shape index (κ1) is 13.2. The van der Waals surface area contributed by atoms with Gasteiger partial charge in [-0.3, -0.25) is 4.90 Å². The molecule has 0 bridgehead atoms. The molecule has 0 unspecified atom stereocenters. The van der Waals surface area contributed by atoms with E-state index in [9.17, 15) is 9.18 Å². The van der Waals surface area contributed by atoms with E-state index in [1.54, 1.807) is 32.9 Å². The van der Waals surface area contributed by atoms with Gasteiger partial charge in [0, 0.05) is 0 Å². The van der Waals surface area contributed by atoms with Crippen molar-refractivity contribution >= 4 is 11.8 Å². The quantitative estimate of drug-likeness (QED) is 0.729. The molecular formula is C15H18FNO3. The van der Waals surface area contributed by atoms with Gasteiger partial charge < -0.3 is 9.47 Å². The molecule has 1 fully saturated rings. The molecule has 1 aromatic rings. The van der Waals surface area contributed by atoms with Gasteiger partial charge in [0.05, 0.1) is 6.54 Å². The summed E-state index contributed by atoms with van der Waals surface area (Å²) in [5.74, 6) is -0.0523. The predicted octanol–water partition coefficient (Wildman–Crippen LogP) is 3.49. The molecule has 108 valence electrons. The monoisotopic (exact) mass is 279 g/mol. The molecule has 3 rings (SSSR count). The molecule has 1 amide bonds. The van der Waals surface area contributed by atoms with Gasteiger partial charge in [0.2, 0.25) is 0 Å². The van der Waals surface area contributed by atoms with Crippen molar-refractivity contribution in [3.05, 3.63) is 24.0 Å². The van der Waals surface area contributed by atoms with E-state index in [0.29, 0.717) is 12.3 Å². The van der Waals surface area contributed by atoms with E-state index in [-0.39, 0.29) is 11.3 Å². The summed E-state index contributed by atoms with van der Waals surface area (Å²) >= 11 is 0. The van der Waals surface area contributed by atoms with Crippen molar-refractivity contribution in [2.45, 2.75) is 44.8 Å². The van der Waals surface area contributed by atoms with E-state index in [1.165, 1.54) is 11.0 Å². The van der Waals surface area contributed by atoms with Crippen LogP contribution in [0.25, 0.3) is 0 Å². The van der Waals surface area contributed by atoms with Crippen LogP contribution in [-0.2, 0) is 4.74 Å². The Labute approximate surface area is 117 Å². The van der Waals surface area contributed by atoms with Crippen molar-refractivity contribution < 1.29 is 18.7 Å². The van der Waals surface area contributed by atoms with Gasteiger partial charge in [-0.2, -0.15) is 0 Å². The van der Waals surface area contributed by atoms with Crippen molar-refractivity contribution in [1.82, 2.24) is 0 Å². The van der Waals surface area contributed by atoms with Crippen molar-refractivity contribution in [3.8, 4) is 5.75 Å². The second kappa shape index (κ2) is 4.11. The Kier molecular flexibility index (Phi) is 2.71. The Morgan fingerprint density at radius 1 is 1.40 bits per heavy atom. The number of nitrogens with zero attached hydrogens (tertiary/aromatic N) is 1. The fraction of sp³-hybridized carbons (Fsp3) is 0.533. The van der Waals surface area contributed by atoms with Crippen LogP contribution < -0.4 is 9.64 Å². The minimum absolute atomic E-state index is 0.180. The Bertz CT molecular complexity index is 561. The Morgan fingerprint density at radius 3 is 2.70 bits per heavy atom. The van der Waals surface area contributed by atoms with Crippen molar-refractivity contribution in [1.29, 1.82) is 0 Å². The molecular weight excluding hydrogens is 261 g/mol. The average molecular weight is 279 g/mol. The highest BCUT2D eigenvalue weighted by Crippen LogP contribution is 2.49. The molecule has 5 heteroatoms. The first-order chi connectivity index (χ1) is 9.30. The van der Waals surface area contributed by atoms with Crippen LogP contribution in [0, 0.1) is 5.82 Å². The normalized spacial score (nSPS) is 19.3. The highest BCUT2D eigenvalue weighted by Gasteiger charge is 2.52. The molecule has 1 aliphatic carbocycles. The fourth-order valence-electron chi connectivity index (χ4n) is 2.35. The van der Waals surface area contributed by atoms with Crippen LogP contribution in [0.3, 0.4) is 0 Å². The molecule has 0 radical (unpaired) electrons. The third-order valence-electron chi connectivity index (χ3n) is 3.41. The van der Waals surface area contributed by atoms with Crippen LogP contribution in [0.5, 0.6) is 5.75 Å². The molecule has 1 saturated carbocycles. The summed E-state index contributed by atoms with van der Waals surface area (Å²) in [4.78, 5) is 13.7. The maximum Gasteiger partial charge on any atom is 0.415 e. The maximum atomic E-state index is 14.1. The maximum absolute atomic E-state index is 14.1. The van der Waals surface area contributed by atoms with Gasteiger partial charge in [0.1, 0.15) is 22.6 Å². The number of amides is 1. The van der Waals surface area contributed by atoms with Crippen LogP contribution in [-0.4, -0.2) is 23.8 Å². The number of fused-ring (bicyclic) bond motifs is 1. The number of hydrogen-bond acceptors (Lipinski definition) is 3. The lowest BCUT2D eigenvalue weighted by molar-refractivity contribution is 0.0535. The zero-order valence-corrected chi connectivity index (χ0v) is 11.9. The summed E-state index contributed by atoms with van der Waals surface area (Å²) in [7, 11) is 0. The minimum atomic E-state index is -0.614. The van der Waals surface area contributed by atoms with E-state index in [2.05, 4.69) is 0 Å². The van der Waals surface area contributed by atoms with Gasteiger partial charge in [-0.05, 0) is 45.7 Å². The van der Waals surface area contributed by atoms with Crippen molar-refractivity contribution in [3.63, 3.8) is 0 Å². The van der Waals surface area contributed by atoms with Crippen molar-refractivity contribution in [2.24, 2.45) is 0 Å². The van der Waals surface area contributed by atoms with Gasteiger partial charge in [0.25, 0.3) is 0 Å². The van der Waals surface area contributed by atoms with Gasteiger partial charge in [-0.1, -0.05) is 6.07 Å². The van der Waals surface area contributed by atoms with E-state index in [4.69, 9.17) is 9.47 Å². The number of benzene rings is 1. The third-order valence-corrected chi connectivity index (χ3v) is 3.41. The molecule has 0 saturated heterocycles. The van der Waals surface area contributed by atoms with Crippen LogP contribution >= 0.6 is 0 Å². The number of halogens is 1. The van der Waals surface area contributed by atoms with Gasteiger partial charge in [-0.15, -0.1) is 0 Å². The molecule has 1 aromatic carbocycles. The molecule has 0 aromatic heterocycles. The number of carbonyl (C=O) groups is 1. The standard InChI is InChI=1S/C15H18FNO3/c1-14(2,3)20-13(18)17-9-15(7-8-15)19-11-6-4-5-10(16)12(11)17/h4-6H,7-9H2,1-3H3. The number of ether oxygens (including phenoxy) is 2. The summed E-state index contributed by atoms with van der Waals surface area (Å²) in [5, 5.41) is 0. The zero-order chi connectivity index (χ0) is 14.5. The molecule has 4 nitrogen and oxygen atoms in total. The predicted molar refractivity (Wildman–Crippen MR) is 72.6 cm³/mol. The van der Waals surface area contributed by atoms with Crippen LogP contribution in [0.1, 0.15) is 33.6 Å². The largest absolute Gasteiger partial charge is 0.483 e. The van der Waals surface area contributed by atoms with Crippen LogP contribution in [0.4, 0.5) is 14.9 Å². The minimum Gasteiger partial charge on any atom is -0.483 e. The van der Waals surface area contributed by atoms with Crippen LogP contribution in [0.2, 0.25) is 0 Å². The molecule has 2 aliphatic rings. The smallest absolute Gasteiger partial charge is 0.415 e. The molecule has 0 N–H and O–H groups in total. The van der Waals surface area contributed by atoms with E-state index in [1.807, 2.05) is 0 Å². The van der Waals surface area contributed by atoms with Crippen molar-refractivity contribution in [2.75, 3.05) is 11.4 Å². The molecule has 20 heavy (non-hydrogen) atoms. The first-order valence-electron chi connectivity index (χ1n) is 6.78. The van der Waals surface area contributed by atoms with Gasteiger partial charge in [0.15, 0.2) is 5.82 Å². The second-order valence-electron chi connectivity index (χ2n) is 6.44. The summed E-state index contributed by atoms with van der Waals surface area (Å²) in [6.45, 7) is 5.72. The number of para-hydroxylation sites is 1. The summed E-state index contributed by atoms with van der Waals surface area (Å²) in [6, 6.07) is 4.60. The van der Waals surface area contributed by atoms with Gasteiger partial charge in [-0.25, -0.2) is 9.18 Å². The Morgan fingerprint density at radius 2 is 2.10 bits per heavy atom. The highest BCUT2D eigenvalue weighted by molar-refractivity contribution is 5.91. The lowest BCUT2D eigenvalue weighted by atomic mass is 10.1. The van der Waals surface area contributed by atoms with Crippen LogP contribution in [0.15, 0.2) is 18.2 Å². The Hall–Kier alpha value is -1.78. The highest BCUT2D eigenvalue weighted by atomic mass is 19.1. The molecule has 1 aliphatic heterocycles. The average Bonchev–Trinajstić information content (AvgIpc) is 3.05. The van der Waals surface area contributed by atoms with Gasteiger partial charge >= 0.3 is 6.09 Å². The molecule has 1 spiro atoms. The lowest BCUT2D eigenvalue weighted by Gasteiger charge is -2.36. The SMILES string of the molecule is CC(C)(C)OC(=O)N1CC2(CC2)Oc2cccc(F)c21.